The summed E-state index contributed by atoms with van der Waals surface area (Å²) in [7, 11) is -4.12. The number of anilines is 1. The quantitative estimate of drug-likeness (QED) is 0.331. The Morgan fingerprint density at radius 1 is 1.03 bits per heavy atom. The first-order valence-electron chi connectivity index (χ1n) is 12.7. The van der Waals surface area contributed by atoms with Gasteiger partial charge in [-0.3, -0.25) is 9.78 Å². The number of amides is 1. The molecule has 38 heavy (non-hydrogen) atoms. The minimum Gasteiger partial charge on any atom is -0.351 e. The van der Waals surface area contributed by atoms with Gasteiger partial charge in [0.25, 0.3) is 15.9 Å². The average Bonchev–Trinajstić information content (AvgIpc) is 3.15. The molecule has 0 spiro atoms. The predicted octanol–water partition coefficient (Wildman–Crippen LogP) is 6.15. The van der Waals surface area contributed by atoms with Crippen LogP contribution in [0, 0.1) is 19.8 Å². The van der Waals surface area contributed by atoms with Gasteiger partial charge in [-0.2, -0.15) is 0 Å². The Hall–Kier alpha value is -3.78. The summed E-state index contributed by atoms with van der Waals surface area (Å²) >= 11 is 0. The lowest BCUT2D eigenvalue weighted by atomic mass is 9.96. The maximum Gasteiger partial charge on any atom is 0.268 e. The molecule has 1 atom stereocenters. The monoisotopic (exact) mass is 532 g/mol. The molecule has 1 saturated heterocycles. The highest BCUT2D eigenvalue weighted by Crippen LogP contribution is 2.39. The van der Waals surface area contributed by atoms with Gasteiger partial charge in [0.05, 0.1) is 17.0 Å². The van der Waals surface area contributed by atoms with Crippen molar-refractivity contribution >= 4 is 32.5 Å². The molecule has 2 aromatic carbocycles. The maximum atomic E-state index is 13.5. The highest BCUT2D eigenvalue weighted by molar-refractivity contribution is 7.90. The first kappa shape index (κ1) is 25.9. The molecule has 1 amide bonds. The third-order valence-electron chi connectivity index (χ3n) is 7.34. The Morgan fingerprint density at radius 3 is 2.45 bits per heavy atom. The number of benzene rings is 2. The SMILES string of the molecule is Cc1ncccc1S(=O)(=O)NC(=O)c1ccc(-c2ccc(C)c3ccccc23)nc1N1C[C@@H](C)CC1(C)C.[HH].[HH]. The summed E-state index contributed by atoms with van der Waals surface area (Å²) in [6.07, 6.45) is 2.45. The number of carbonyl (C=O) groups excluding carboxylic acids is 1. The smallest absolute Gasteiger partial charge is 0.268 e. The molecular weight excluding hydrogens is 496 g/mol. The van der Waals surface area contributed by atoms with Crippen LogP contribution in [-0.2, 0) is 10.0 Å². The van der Waals surface area contributed by atoms with Crippen LogP contribution in [0.1, 0.15) is 51.7 Å². The van der Waals surface area contributed by atoms with E-state index in [1.165, 1.54) is 23.9 Å². The Kier molecular flexibility index (Phi) is 6.47. The Labute approximate surface area is 227 Å². The highest BCUT2D eigenvalue weighted by atomic mass is 32.2. The van der Waals surface area contributed by atoms with Crippen LogP contribution in [0.3, 0.4) is 0 Å². The molecule has 0 bridgehead atoms. The number of rotatable bonds is 5. The number of fused-ring (bicyclic) bond motifs is 1. The number of hydrogen-bond donors (Lipinski definition) is 1. The molecule has 4 aromatic rings. The second kappa shape index (κ2) is 9.51. The van der Waals surface area contributed by atoms with Crippen LogP contribution in [-0.4, -0.2) is 36.4 Å². The van der Waals surface area contributed by atoms with E-state index in [1.807, 2.05) is 12.1 Å². The minimum atomic E-state index is -4.12. The minimum absolute atomic E-state index is 0. The van der Waals surface area contributed by atoms with Crippen LogP contribution in [0.2, 0.25) is 0 Å². The van der Waals surface area contributed by atoms with E-state index < -0.39 is 15.9 Å². The Morgan fingerprint density at radius 2 is 1.76 bits per heavy atom. The first-order chi connectivity index (χ1) is 18.0. The summed E-state index contributed by atoms with van der Waals surface area (Å²) < 4.78 is 28.5. The van der Waals surface area contributed by atoms with Gasteiger partial charge in [0.15, 0.2) is 0 Å². The summed E-state index contributed by atoms with van der Waals surface area (Å²) in [4.78, 5) is 24.7. The standard InChI is InChI=1S/C30H32N4O3S.2H2/c1-19-17-30(4,5)34(18-19)28-25(29(35)33-38(36,37)27-11-8-16-31-21(27)3)14-15-26(32-28)24-13-12-20(2)22-9-6-7-10-23(22)24;;/h6-16,19H,17-18H2,1-5H3,(H,33,35);2*1H/t19-;;/m0../s1. The van der Waals surface area contributed by atoms with E-state index in [4.69, 9.17) is 4.98 Å². The lowest BCUT2D eigenvalue weighted by molar-refractivity contribution is 0.0981. The average molecular weight is 533 g/mol. The van der Waals surface area contributed by atoms with Crippen molar-refractivity contribution in [2.45, 2.75) is 51.5 Å². The molecule has 2 aromatic heterocycles. The molecule has 200 valence electrons. The molecule has 0 aliphatic carbocycles. The topological polar surface area (TPSA) is 92.3 Å². The van der Waals surface area contributed by atoms with Crippen LogP contribution >= 0.6 is 0 Å². The highest BCUT2D eigenvalue weighted by Gasteiger charge is 2.39. The Bertz CT molecular complexity index is 1680. The van der Waals surface area contributed by atoms with Crippen molar-refractivity contribution in [2.24, 2.45) is 5.92 Å². The molecule has 1 aliphatic rings. The third kappa shape index (κ3) is 4.65. The zero-order chi connectivity index (χ0) is 27.2. The summed E-state index contributed by atoms with van der Waals surface area (Å²) in [5, 5.41) is 2.22. The number of sulfonamides is 1. The molecule has 8 heteroatoms. The maximum absolute atomic E-state index is 13.5. The molecule has 1 fully saturated rings. The fourth-order valence-corrected chi connectivity index (χ4v) is 6.76. The van der Waals surface area contributed by atoms with E-state index in [0.29, 0.717) is 24.0 Å². The number of hydrogen-bond acceptors (Lipinski definition) is 6. The van der Waals surface area contributed by atoms with E-state index in [9.17, 15) is 13.2 Å². The van der Waals surface area contributed by atoms with Crippen LogP contribution in [0.4, 0.5) is 5.82 Å². The van der Waals surface area contributed by atoms with Crippen molar-refractivity contribution < 1.29 is 16.1 Å². The van der Waals surface area contributed by atoms with Gasteiger partial charge in [0, 0.05) is 26.7 Å². The lowest BCUT2D eigenvalue weighted by Gasteiger charge is -2.34. The molecular formula is C30H36N4O3S. The fourth-order valence-electron chi connectivity index (χ4n) is 5.60. The predicted molar refractivity (Wildman–Crippen MR) is 155 cm³/mol. The second-order valence-electron chi connectivity index (χ2n) is 10.8. The van der Waals surface area contributed by atoms with Crippen molar-refractivity contribution in [3.05, 3.63) is 83.7 Å². The first-order valence-corrected chi connectivity index (χ1v) is 14.2. The molecule has 1 N–H and O–H groups in total. The second-order valence-corrected chi connectivity index (χ2v) is 12.4. The molecule has 7 nitrogen and oxygen atoms in total. The fraction of sp³-hybridized carbons (Fsp3) is 0.300. The third-order valence-corrected chi connectivity index (χ3v) is 8.81. The summed E-state index contributed by atoms with van der Waals surface area (Å²) in [6, 6.07) is 18.8. The van der Waals surface area contributed by atoms with Gasteiger partial charge in [-0.1, -0.05) is 43.3 Å². The van der Waals surface area contributed by atoms with Crippen molar-refractivity contribution in [3.8, 4) is 11.3 Å². The molecule has 3 heterocycles. The number of aryl methyl sites for hydroxylation is 2. The molecule has 5 rings (SSSR count). The number of pyridine rings is 2. The van der Waals surface area contributed by atoms with Gasteiger partial charge >= 0.3 is 0 Å². The van der Waals surface area contributed by atoms with Gasteiger partial charge in [0.1, 0.15) is 10.7 Å². The number of nitrogens with zero attached hydrogens (tertiary/aromatic N) is 3. The van der Waals surface area contributed by atoms with Crippen molar-refractivity contribution in [1.82, 2.24) is 14.7 Å². The molecule has 0 unspecified atom stereocenters. The van der Waals surface area contributed by atoms with E-state index in [0.717, 1.165) is 28.5 Å². The van der Waals surface area contributed by atoms with E-state index in [1.54, 1.807) is 19.1 Å². The van der Waals surface area contributed by atoms with Crippen LogP contribution in [0.25, 0.3) is 22.0 Å². The largest absolute Gasteiger partial charge is 0.351 e. The van der Waals surface area contributed by atoms with E-state index >= 15 is 0 Å². The van der Waals surface area contributed by atoms with Crippen LogP contribution in [0.15, 0.2) is 71.8 Å². The van der Waals surface area contributed by atoms with Crippen LogP contribution < -0.4 is 9.62 Å². The van der Waals surface area contributed by atoms with Crippen molar-refractivity contribution in [2.75, 3.05) is 11.4 Å². The van der Waals surface area contributed by atoms with Crippen molar-refractivity contribution in [3.63, 3.8) is 0 Å². The van der Waals surface area contributed by atoms with Gasteiger partial charge in [-0.05, 0) is 80.6 Å². The Balaban J connectivity index is 0.00000220. The van der Waals surface area contributed by atoms with Gasteiger partial charge in [-0.25, -0.2) is 18.1 Å². The van der Waals surface area contributed by atoms with Gasteiger partial charge < -0.3 is 4.90 Å². The summed E-state index contributed by atoms with van der Waals surface area (Å²) in [6.45, 7) is 10.8. The summed E-state index contributed by atoms with van der Waals surface area (Å²) in [5.41, 5.74) is 3.15. The van der Waals surface area contributed by atoms with Crippen LogP contribution in [0.5, 0.6) is 0 Å². The van der Waals surface area contributed by atoms with Crippen molar-refractivity contribution in [1.29, 1.82) is 0 Å². The lowest BCUT2D eigenvalue weighted by Crippen LogP contribution is -2.41. The number of carbonyl (C=O) groups is 1. The number of nitrogens with one attached hydrogen (secondary N) is 1. The summed E-state index contributed by atoms with van der Waals surface area (Å²) in [5.74, 6) is 0.164. The normalized spacial score (nSPS) is 17.1. The zero-order valence-corrected chi connectivity index (χ0v) is 23.1. The van der Waals surface area contributed by atoms with E-state index in [2.05, 4.69) is 66.6 Å². The van der Waals surface area contributed by atoms with E-state index in [-0.39, 0.29) is 18.9 Å². The van der Waals surface area contributed by atoms with Gasteiger partial charge in [0.2, 0.25) is 0 Å². The number of aromatic nitrogens is 2. The molecule has 0 saturated carbocycles. The van der Waals surface area contributed by atoms with Gasteiger partial charge in [-0.15, -0.1) is 0 Å². The molecule has 1 aliphatic heterocycles. The zero-order valence-electron chi connectivity index (χ0n) is 22.3. The molecule has 0 radical (unpaired) electrons.